The van der Waals surface area contributed by atoms with Gasteiger partial charge in [-0.25, -0.2) is 0 Å². The Bertz CT molecular complexity index is 322. The van der Waals surface area contributed by atoms with Crippen LogP contribution in [0.2, 0.25) is 0 Å². The summed E-state index contributed by atoms with van der Waals surface area (Å²) in [5.74, 6) is 0. The molecule has 0 heterocycles. The van der Waals surface area contributed by atoms with Gasteiger partial charge in [0.2, 0.25) is 0 Å². The first-order valence-electron chi connectivity index (χ1n) is 5.77. The van der Waals surface area contributed by atoms with Gasteiger partial charge in [0, 0.05) is 0 Å². The number of aryl methyl sites for hydroxylation is 2. The number of fused-ring (bicyclic) bond motifs is 1. The summed E-state index contributed by atoms with van der Waals surface area (Å²) in [4.78, 5) is 0. The zero-order valence-electron chi connectivity index (χ0n) is 9.06. The minimum Gasteiger partial charge on any atom is -0.307 e. The third kappa shape index (κ3) is 3.05. The second kappa shape index (κ2) is 5.66. The largest absolute Gasteiger partial charge is 0.307 e. The lowest BCUT2D eigenvalue weighted by atomic mass is 9.90. The van der Waals surface area contributed by atoms with Crippen molar-refractivity contribution in [3.8, 4) is 0 Å². The minimum atomic E-state index is 0.887. The molecular weight excluding hydrogens is 250 g/mol. The normalized spacial score (nSPS) is 15.0. The Labute approximate surface area is 100 Å². The topological polar surface area (TPSA) is 12.0 Å². The van der Waals surface area contributed by atoms with Gasteiger partial charge in [-0.3, -0.25) is 0 Å². The van der Waals surface area contributed by atoms with Gasteiger partial charge in [-0.1, -0.05) is 34.1 Å². The lowest BCUT2D eigenvalue weighted by molar-refractivity contribution is 0.683. The molecule has 0 radical (unpaired) electrons. The fourth-order valence-corrected chi connectivity index (χ4v) is 2.52. The van der Waals surface area contributed by atoms with E-state index in [1.54, 1.807) is 11.1 Å². The third-order valence-electron chi connectivity index (χ3n) is 3.10. The molecule has 1 N–H and O–H groups in total. The van der Waals surface area contributed by atoms with Crippen LogP contribution in [0.3, 0.4) is 0 Å². The zero-order valence-corrected chi connectivity index (χ0v) is 10.6. The summed E-state index contributed by atoms with van der Waals surface area (Å²) in [7, 11) is 0. The molecule has 1 nitrogen and oxygen atoms in total. The van der Waals surface area contributed by atoms with Gasteiger partial charge in [0.15, 0.2) is 0 Å². The monoisotopic (exact) mass is 267 g/mol. The summed E-state index contributed by atoms with van der Waals surface area (Å²) in [5, 5.41) is 3.29. The molecule has 0 saturated carbocycles. The summed E-state index contributed by atoms with van der Waals surface area (Å²) in [6.45, 7) is 1.06. The Kier molecular flexibility index (Phi) is 4.21. The Morgan fingerprint density at radius 2 is 1.93 bits per heavy atom. The first-order chi connectivity index (χ1) is 7.40. The molecule has 0 aliphatic heterocycles. The van der Waals surface area contributed by atoms with Crippen molar-refractivity contribution in [2.75, 3.05) is 12.0 Å². The van der Waals surface area contributed by atoms with Crippen molar-refractivity contribution in [2.45, 2.75) is 32.1 Å². The van der Waals surface area contributed by atoms with Crippen molar-refractivity contribution >= 4 is 15.9 Å². The molecule has 2 rings (SSSR count). The lowest BCUT2D eigenvalue weighted by Crippen LogP contribution is -2.14. The molecule has 1 aliphatic carbocycles. The van der Waals surface area contributed by atoms with Gasteiger partial charge in [-0.15, -0.1) is 0 Å². The van der Waals surface area contributed by atoms with E-state index in [-0.39, 0.29) is 0 Å². The van der Waals surface area contributed by atoms with E-state index in [9.17, 15) is 0 Å². The van der Waals surface area contributed by atoms with E-state index >= 15 is 0 Å². The van der Waals surface area contributed by atoms with E-state index in [0.717, 1.165) is 18.4 Å². The Morgan fingerprint density at radius 3 is 2.73 bits per heavy atom. The maximum atomic E-state index is 3.37. The zero-order chi connectivity index (χ0) is 10.5. The summed E-state index contributed by atoms with van der Waals surface area (Å²) in [6, 6.07) is 7.03. The smallest absolute Gasteiger partial charge is 0.0517 e. The van der Waals surface area contributed by atoms with Gasteiger partial charge in [-0.2, -0.15) is 0 Å². The van der Waals surface area contributed by atoms with Gasteiger partial charge in [-0.05, 0) is 55.3 Å². The molecule has 0 amide bonds. The molecule has 0 bridgehead atoms. The maximum Gasteiger partial charge on any atom is 0.0517 e. The van der Waals surface area contributed by atoms with E-state index in [1.807, 2.05) is 0 Å². The molecule has 0 saturated heterocycles. The molecule has 82 valence electrons. The minimum absolute atomic E-state index is 0.887. The summed E-state index contributed by atoms with van der Waals surface area (Å²) in [5.41, 5.74) is 5.54. The van der Waals surface area contributed by atoms with Crippen LogP contribution in [0, 0.1) is 0 Å². The van der Waals surface area contributed by atoms with Gasteiger partial charge in [0.25, 0.3) is 0 Å². The molecule has 2 heteroatoms. The van der Waals surface area contributed by atoms with Crippen LogP contribution < -0.4 is 5.32 Å². The van der Waals surface area contributed by atoms with Gasteiger partial charge in [0.05, 0.1) is 5.45 Å². The highest BCUT2D eigenvalue weighted by atomic mass is 79.9. The number of benzene rings is 1. The van der Waals surface area contributed by atoms with Crippen molar-refractivity contribution in [1.82, 2.24) is 5.32 Å². The number of nitrogens with one attached hydrogen (secondary N) is 1. The maximum absolute atomic E-state index is 3.37. The number of rotatable bonds is 4. The first-order valence-corrected chi connectivity index (χ1v) is 6.89. The van der Waals surface area contributed by atoms with Crippen molar-refractivity contribution in [3.05, 3.63) is 34.9 Å². The van der Waals surface area contributed by atoms with E-state index in [2.05, 4.69) is 39.4 Å². The van der Waals surface area contributed by atoms with Crippen LogP contribution in [0.1, 0.15) is 29.5 Å². The summed E-state index contributed by atoms with van der Waals surface area (Å²) < 4.78 is 0. The summed E-state index contributed by atoms with van der Waals surface area (Å²) in [6.07, 6.45) is 6.46. The van der Waals surface area contributed by atoms with Gasteiger partial charge in [0.1, 0.15) is 0 Å². The second-order valence-corrected chi connectivity index (χ2v) is 4.75. The third-order valence-corrected chi connectivity index (χ3v) is 3.49. The Hall–Kier alpha value is -0.340. The van der Waals surface area contributed by atoms with Crippen LogP contribution in [0.25, 0.3) is 0 Å². The molecule has 1 aromatic carbocycles. The molecule has 15 heavy (non-hydrogen) atoms. The average Bonchev–Trinajstić information content (AvgIpc) is 2.29. The summed E-state index contributed by atoms with van der Waals surface area (Å²) >= 11 is 3.37. The molecule has 1 aliphatic rings. The molecule has 1 aromatic rings. The number of halogens is 1. The fourth-order valence-electron chi connectivity index (χ4n) is 2.24. The predicted molar refractivity (Wildman–Crippen MR) is 68.6 cm³/mol. The second-order valence-electron chi connectivity index (χ2n) is 4.19. The molecule has 0 aromatic heterocycles. The quantitative estimate of drug-likeness (QED) is 0.503. The lowest BCUT2D eigenvalue weighted by Gasteiger charge is -2.16. The molecule has 0 atom stereocenters. The van der Waals surface area contributed by atoms with Crippen LogP contribution in [-0.2, 0) is 19.3 Å². The fraction of sp³-hybridized carbons (Fsp3) is 0.538. The van der Waals surface area contributed by atoms with Crippen LogP contribution in [0.15, 0.2) is 18.2 Å². The van der Waals surface area contributed by atoms with Crippen molar-refractivity contribution in [3.63, 3.8) is 0 Å². The molecule has 0 spiro atoms. The average molecular weight is 268 g/mol. The number of hydrogen-bond donors (Lipinski definition) is 1. The van der Waals surface area contributed by atoms with E-state index in [0.29, 0.717) is 0 Å². The molecule has 0 unspecified atom stereocenters. The van der Waals surface area contributed by atoms with E-state index in [4.69, 9.17) is 0 Å². The highest BCUT2D eigenvalue weighted by Gasteiger charge is 2.08. The van der Waals surface area contributed by atoms with Crippen LogP contribution in [-0.4, -0.2) is 12.0 Å². The van der Waals surface area contributed by atoms with E-state index in [1.165, 1.54) is 31.2 Å². The Balaban J connectivity index is 2.00. The first kappa shape index (κ1) is 11.2. The highest BCUT2D eigenvalue weighted by molar-refractivity contribution is 9.09. The molecule has 0 fully saturated rings. The van der Waals surface area contributed by atoms with Crippen molar-refractivity contribution in [1.29, 1.82) is 0 Å². The van der Waals surface area contributed by atoms with Gasteiger partial charge < -0.3 is 5.32 Å². The standard InChI is InChI=1S/C13H18BrN/c14-10-15-8-7-11-5-6-12-3-1-2-4-13(12)9-11/h5-6,9,15H,1-4,7-8,10H2. The SMILES string of the molecule is BrCNCCc1ccc2c(c1)CCCC2. The number of alkyl halides is 1. The number of hydrogen-bond acceptors (Lipinski definition) is 1. The Morgan fingerprint density at radius 1 is 1.13 bits per heavy atom. The van der Waals surface area contributed by atoms with Gasteiger partial charge >= 0.3 is 0 Å². The highest BCUT2D eigenvalue weighted by Crippen LogP contribution is 2.22. The van der Waals surface area contributed by atoms with Crippen LogP contribution >= 0.6 is 15.9 Å². The van der Waals surface area contributed by atoms with Crippen molar-refractivity contribution < 1.29 is 0 Å². The van der Waals surface area contributed by atoms with E-state index < -0.39 is 0 Å². The predicted octanol–water partition coefficient (Wildman–Crippen LogP) is 3.05. The van der Waals surface area contributed by atoms with Crippen LogP contribution in [0.4, 0.5) is 0 Å². The van der Waals surface area contributed by atoms with Crippen molar-refractivity contribution in [2.24, 2.45) is 0 Å². The van der Waals surface area contributed by atoms with Crippen LogP contribution in [0.5, 0.6) is 0 Å². The molecular formula is C13H18BrN.